The van der Waals surface area contributed by atoms with Gasteiger partial charge in [-0.2, -0.15) is 0 Å². The molecule has 0 fully saturated rings. The fraction of sp³-hybridized carbons (Fsp3) is 0.636. The summed E-state index contributed by atoms with van der Waals surface area (Å²) in [5, 5.41) is 27.6. The Bertz CT molecular complexity index is 407. The molecule has 1 aromatic heterocycles. The third kappa shape index (κ3) is 3.28. The van der Waals surface area contributed by atoms with Gasteiger partial charge in [0.05, 0.1) is 12.7 Å². The Labute approximate surface area is 105 Å². The van der Waals surface area contributed by atoms with Gasteiger partial charge in [-0.05, 0) is 26.2 Å². The number of rotatable bonds is 7. The van der Waals surface area contributed by atoms with Gasteiger partial charge in [-0.1, -0.05) is 0 Å². The van der Waals surface area contributed by atoms with Gasteiger partial charge in [0.25, 0.3) is 0 Å². The van der Waals surface area contributed by atoms with Crippen LogP contribution in [0.1, 0.15) is 24.4 Å². The Morgan fingerprint density at radius 2 is 2.33 bits per heavy atom. The summed E-state index contributed by atoms with van der Waals surface area (Å²) in [5.41, 5.74) is 4.37. The van der Waals surface area contributed by atoms with Crippen LogP contribution in [0.5, 0.6) is 0 Å². The molecule has 0 aliphatic carbocycles. The molecule has 0 saturated heterocycles. The number of aliphatic hydroxyl groups excluding tert-OH is 2. The molecule has 0 spiro atoms. The van der Waals surface area contributed by atoms with Gasteiger partial charge in [-0.3, -0.25) is 4.79 Å². The van der Waals surface area contributed by atoms with Crippen LogP contribution in [0.3, 0.4) is 0 Å². The van der Waals surface area contributed by atoms with Crippen molar-refractivity contribution in [1.82, 2.24) is 9.97 Å². The van der Waals surface area contributed by atoms with Gasteiger partial charge in [-0.15, -0.1) is 0 Å². The molecule has 0 aliphatic rings. The van der Waals surface area contributed by atoms with Gasteiger partial charge in [0.2, 0.25) is 0 Å². The van der Waals surface area contributed by atoms with E-state index in [-0.39, 0.29) is 6.42 Å². The largest absolute Gasteiger partial charge is 0.480 e. The Kier molecular flexibility index (Phi) is 4.83. The molecule has 0 aromatic carbocycles. The highest BCUT2D eigenvalue weighted by molar-refractivity contribution is 5.79. The van der Waals surface area contributed by atoms with E-state index in [9.17, 15) is 9.90 Å². The van der Waals surface area contributed by atoms with Crippen LogP contribution < -0.4 is 5.73 Å². The van der Waals surface area contributed by atoms with Crippen LogP contribution in [-0.2, 0) is 11.2 Å². The summed E-state index contributed by atoms with van der Waals surface area (Å²) in [5.74, 6) is -0.602. The fourth-order valence-electron chi connectivity index (χ4n) is 1.66. The van der Waals surface area contributed by atoms with Gasteiger partial charge < -0.3 is 26.0 Å². The molecule has 18 heavy (non-hydrogen) atoms. The van der Waals surface area contributed by atoms with E-state index in [1.54, 1.807) is 6.20 Å². The van der Waals surface area contributed by atoms with Crippen LogP contribution in [0.4, 0.5) is 0 Å². The number of carboxylic acids is 1. The Morgan fingerprint density at radius 1 is 1.67 bits per heavy atom. The third-order valence-electron chi connectivity index (χ3n) is 2.93. The van der Waals surface area contributed by atoms with E-state index >= 15 is 0 Å². The molecule has 0 bridgehead atoms. The van der Waals surface area contributed by atoms with E-state index in [0.717, 1.165) is 11.5 Å². The zero-order chi connectivity index (χ0) is 13.8. The normalized spacial score (nSPS) is 16.2. The van der Waals surface area contributed by atoms with Gasteiger partial charge in [0.1, 0.15) is 5.82 Å². The minimum atomic E-state index is -2.00. The third-order valence-corrected chi connectivity index (χ3v) is 2.93. The van der Waals surface area contributed by atoms with Crippen molar-refractivity contribution in [2.45, 2.75) is 37.8 Å². The number of hydrogen-bond acceptors (Lipinski definition) is 5. The number of nitrogens with one attached hydrogen (secondary N) is 1. The molecule has 0 saturated carbocycles. The summed E-state index contributed by atoms with van der Waals surface area (Å²) in [6.45, 7) is 1.03. The maximum absolute atomic E-state index is 10.9. The molecule has 0 radical (unpaired) electrons. The quantitative estimate of drug-likeness (QED) is 0.433. The lowest BCUT2D eigenvalue weighted by Gasteiger charge is -2.27. The van der Waals surface area contributed by atoms with E-state index in [4.69, 9.17) is 15.9 Å². The van der Waals surface area contributed by atoms with Crippen molar-refractivity contribution in [3.8, 4) is 0 Å². The number of aliphatic carboxylic acids is 1. The van der Waals surface area contributed by atoms with Gasteiger partial charge >= 0.3 is 5.97 Å². The summed E-state index contributed by atoms with van der Waals surface area (Å²) < 4.78 is 0. The van der Waals surface area contributed by atoms with Crippen molar-refractivity contribution in [1.29, 1.82) is 0 Å². The van der Waals surface area contributed by atoms with Crippen molar-refractivity contribution in [3.63, 3.8) is 0 Å². The number of aryl methyl sites for hydroxylation is 2. The van der Waals surface area contributed by atoms with Crippen molar-refractivity contribution in [2.75, 3.05) is 6.61 Å². The first-order chi connectivity index (χ1) is 8.40. The average Bonchev–Trinajstić information content (AvgIpc) is 2.73. The molecular formula is C11H19N3O4. The SMILES string of the molecule is Cc1ncc(CCCC(O)C(N)(CO)C(=O)O)[nH]1. The molecule has 7 nitrogen and oxygen atoms in total. The minimum Gasteiger partial charge on any atom is -0.480 e. The fourth-order valence-corrected chi connectivity index (χ4v) is 1.66. The molecule has 2 atom stereocenters. The highest BCUT2D eigenvalue weighted by Gasteiger charge is 2.40. The standard InChI is InChI=1S/C11H19N3O4/c1-7-13-5-8(14-7)3-2-4-9(16)11(12,6-15)10(17)18/h5,9,15-16H,2-4,6,12H2,1H3,(H,13,14)(H,17,18). The molecule has 7 heteroatoms. The van der Waals surface area contributed by atoms with E-state index < -0.39 is 24.2 Å². The number of H-pyrrole nitrogens is 1. The molecule has 1 aromatic rings. The second-order valence-corrected chi connectivity index (χ2v) is 4.41. The van der Waals surface area contributed by atoms with Crippen molar-refractivity contribution in [2.24, 2.45) is 5.73 Å². The van der Waals surface area contributed by atoms with Crippen LogP contribution in [0.15, 0.2) is 6.20 Å². The summed E-state index contributed by atoms with van der Waals surface area (Å²) in [6, 6.07) is 0. The number of hydrogen-bond donors (Lipinski definition) is 5. The summed E-state index contributed by atoms with van der Waals surface area (Å²) in [6.07, 6.45) is 1.79. The summed E-state index contributed by atoms with van der Waals surface area (Å²) in [4.78, 5) is 17.9. The molecule has 2 unspecified atom stereocenters. The Morgan fingerprint density at radius 3 is 2.78 bits per heavy atom. The molecule has 102 valence electrons. The Balaban J connectivity index is 2.45. The molecule has 1 heterocycles. The Hall–Kier alpha value is -1.44. The number of nitrogens with zero attached hydrogens (tertiary/aromatic N) is 1. The highest BCUT2D eigenvalue weighted by atomic mass is 16.4. The lowest BCUT2D eigenvalue weighted by Crippen LogP contribution is -2.60. The molecule has 1 rings (SSSR count). The molecule has 6 N–H and O–H groups in total. The predicted octanol–water partition coefficient (Wildman–Crippen LogP) is -0.824. The monoisotopic (exact) mass is 257 g/mol. The average molecular weight is 257 g/mol. The first-order valence-corrected chi connectivity index (χ1v) is 5.72. The second-order valence-electron chi connectivity index (χ2n) is 4.41. The van der Waals surface area contributed by atoms with Gasteiger partial charge in [0.15, 0.2) is 5.54 Å². The maximum Gasteiger partial charge on any atom is 0.328 e. The highest BCUT2D eigenvalue weighted by Crippen LogP contribution is 2.14. The summed E-state index contributed by atoms with van der Waals surface area (Å²) in [7, 11) is 0. The van der Waals surface area contributed by atoms with Crippen molar-refractivity contribution >= 4 is 5.97 Å². The smallest absolute Gasteiger partial charge is 0.328 e. The van der Waals surface area contributed by atoms with E-state index in [1.165, 1.54) is 0 Å². The van der Waals surface area contributed by atoms with Crippen LogP contribution in [0, 0.1) is 6.92 Å². The zero-order valence-corrected chi connectivity index (χ0v) is 10.3. The lowest BCUT2D eigenvalue weighted by molar-refractivity contribution is -0.150. The van der Waals surface area contributed by atoms with Crippen molar-refractivity contribution < 1.29 is 20.1 Å². The van der Waals surface area contributed by atoms with Gasteiger partial charge in [0, 0.05) is 11.9 Å². The number of aliphatic hydroxyl groups is 2. The van der Waals surface area contributed by atoms with E-state index in [1.807, 2.05) is 6.92 Å². The number of nitrogens with two attached hydrogens (primary N) is 1. The minimum absolute atomic E-state index is 0.196. The number of carboxylic acid groups (broad SMARTS) is 1. The molecule has 0 amide bonds. The first-order valence-electron chi connectivity index (χ1n) is 5.72. The first kappa shape index (κ1) is 14.6. The number of aromatic nitrogens is 2. The maximum atomic E-state index is 10.9. The topological polar surface area (TPSA) is 132 Å². The predicted molar refractivity (Wildman–Crippen MR) is 63.9 cm³/mol. The van der Waals surface area contributed by atoms with E-state index in [2.05, 4.69) is 9.97 Å². The molecule has 0 aliphatic heterocycles. The van der Waals surface area contributed by atoms with Crippen LogP contribution in [0.25, 0.3) is 0 Å². The van der Waals surface area contributed by atoms with Crippen LogP contribution in [0.2, 0.25) is 0 Å². The summed E-state index contributed by atoms with van der Waals surface area (Å²) >= 11 is 0. The van der Waals surface area contributed by atoms with Gasteiger partial charge in [-0.25, -0.2) is 4.98 Å². The number of aromatic amines is 1. The number of imidazole rings is 1. The molecular weight excluding hydrogens is 238 g/mol. The van der Waals surface area contributed by atoms with Crippen molar-refractivity contribution in [3.05, 3.63) is 17.7 Å². The lowest BCUT2D eigenvalue weighted by atomic mass is 9.91. The zero-order valence-electron chi connectivity index (χ0n) is 10.3. The van der Waals surface area contributed by atoms with E-state index in [0.29, 0.717) is 12.8 Å². The number of carbonyl (C=O) groups is 1. The van der Waals surface area contributed by atoms with Crippen LogP contribution >= 0.6 is 0 Å². The van der Waals surface area contributed by atoms with Crippen LogP contribution in [-0.4, -0.2) is 49.5 Å². The second kappa shape index (κ2) is 5.94.